The third-order valence-corrected chi connectivity index (χ3v) is 0.285. The molecule has 0 heterocycles. The Kier molecular flexibility index (Phi) is 87.9. The van der Waals surface area contributed by atoms with Crippen molar-refractivity contribution in [1.29, 1.82) is 0 Å². The van der Waals surface area contributed by atoms with Crippen LogP contribution in [0, 0.1) is 0 Å². The van der Waals surface area contributed by atoms with E-state index in [2.05, 4.69) is 11.3 Å². The summed E-state index contributed by atoms with van der Waals surface area (Å²) in [6.45, 7) is 14.0. The first kappa shape index (κ1) is 15.8. The maximum absolute atomic E-state index is 4.60. The van der Waals surface area contributed by atoms with Crippen molar-refractivity contribution in [1.82, 2.24) is 0 Å². The maximum Gasteiger partial charge on any atom is 0.0844 e. The molecule has 0 fully saturated rings. The van der Waals surface area contributed by atoms with Crippen LogP contribution in [0.5, 0.6) is 0 Å². The fourth-order valence-electron chi connectivity index (χ4n) is 0.118. The molecule has 0 aliphatic rings. The molecule has 9 heavy (non-hydrogen) atoms. The highest BCUT2D eigenvalue weighted by Gasteiger charge is 1.55. The fourth-order valence-corrected chi connectivity index (χ4v) is 0.118. The SMILES string of the molecule is C=COCC.CC.CC. The van der Waals surface area contributed by atoms with Gasteiger partial charge in [0.1, 0.15) is 0 Å². The Balaban J connectivity index is -0.0000000771. The first-order chi connectivity index (χ1) is 4.41. The van der Waals surface area contributed by atoms with E-state index in [4.69, 9.17) is 0 Å². The van der Waals surface area contributed by atoms with Crippen molar-refractivity contribution in [3.05, 3.63) is 12.8 Å². The van der Waals surface area contributed by atoms with Crippen molar-refractivity contribution in [2.75, 3.05) is 6.61 Å². The van der Waals surface area contributed by atoms with Gasteiger partial charge in [0.25, 0.3) is 0 Å². The minimum absolute atomic E-state index is 0.726. The second-order valence-electron chi connectivity index (χ2n) is 0.622. The highest BCUT2D eigenvalue weighted by Crippen LogP contribution is 1.65. The molecule has 0 saturated carbocycles. The summed E-state index contributed by atoms with van der Waals surface area (Å²) in [6, 6.07) is 0. The van der Waals surface area contributed by atoms with E-state index in [-0.39, 0.29) is 0 Å². The van der Waals surface area contributed by atoms with Gasteiger partial charge in [-0.05, 0) is 6.92 Å². The molecule has 0 aromatic rings. The van der Waals surface area contributed by atoms with E-state index in [9.17, 15) is 0 Å². The van der Waals surface area contributed by atoms with Crippen LogP contribution >= 0.6 is 0 Å². The maximum atomic E-state index is 4.60. The van der Waals surface area contributed by atoms with Gasteiger partial charge in [0.05, 0.1) is 12.9 Å². The predicted octanol–water partition coefficient (Wildman–Crippen LogP) is 3.22. The summed E-state index contributed by atoms with van der Waals surface area (Å²) in [7, 11) is 0. The summed E-state index contributed by atoms with van der Waals surface area (Å²) in [6.07, 6.45) is 1.43. The summed E-state index contributed by atoms with van der Waals surface area (Å²) in [5.74, 6) is 0. The Bertz CT molecular complexity index is 25.7. The van der Waals surface area contributed by atoms with E-state index in [0.717, 1.165) is 6.61 Å². The van der Waals surface area contributed by atoms with E-state index in [1.807, 2.05) is 34.6 Å². The number of hydrogen-bond acceptors (Lipinski definition) is 1. The Hall–Kier alpha value is -0.460. The van der Waals surface area contributed by atoms with Crippen LogP contribution in [0.15, 0.2) is 12.8 Å². The van der Waals surface area contributed by atoms with Crippen molar-refractivity contribution in [2.45, 2.75) is 34.6 Å². The summed E-state index contributed by atoms with van der Waals surface area (Å²) in [4.78, 5) is 0. The van der Waals surface area contributed by atoms with Gasteiger partial charge in [0, 0.05) is 0 Å². The first-order valence-corrected chi connectivity index (χ1v) is 3.64. The smallest absolute Gasteiger partial charge is 0.0844 e. The van der Waals surface area contributed by atoms with Gasteiger partial charge in [0.2, 0.25) is 0 Å². The number of ether oxygens (including phenoxy) is 1. The Morgan fingerprint density at radius 2 is 1.56 bits per heavy atom. The summed E-state index contributed by atoms with van der Waals surface area (Å²) >= 11 is 0. The van der Waals surface area contributed by atoms with Crippen molar-refractivity contribution >= 4 is 0 Å². The predicted molar refractivity (Wildman–Crippen MR) is 44.5 cm³/mol. The van der Waals surface area contributed by atoms with Crippen LogP contribution in [0.3, 0.4) is 0 Å². The van der Waals surface area contributed by atoms with E-state index in [1.165, 1.54) is 6.26 Å². The average molecular weight is 132 g/mol. The number of rotatable bonds is 2. The van der Waals surface area contributed by atoms with Crippen molar-refractivity contribution < 1.29 is 4.74 Å². The van der Waals surface area contributed by atoms with Crippen LogP contribution in [-0.2, 0) is 4.74 Å². The van der Waals surface area contributed by atoms with Crippen LogP contribution in [0.1, 0.15) is 34.6 Å². The van der Waals surface area contributed by atoms with Crippen molar-refractivity contribution in [2.24, 2.45) is 0 Å². The summed E-state index contributed by atoms with van der Waals surface area (Å²) < 4.78 is 4.60. The van der Waals surface area contributed by atoms with Gasteiger partial charge in [-0.3, -0.25) is 0 Å². The second kappa shape index (κ2) is 50.0. The Morgan fingerprint density at radius 1 is 1.22 bits per heavy atom. The molecule has 0 radical (unpaired) electrons. The monoisotopic (exact) mass is 132 g/mol. The minimum atomic E-state index is 0.726. The van der Waals surface area contributed by atoms with Gasteiger partial charge >= 0.3 is 0 Å². The number of hydrogen-bond donors (Lipinski definition) is 0. The molecule has 1 nitrogen and oxygen atoms in total. The average Bonchev–Trinajstić information content (AvgIpc) is 1.98. The molecule has 58 valence electrons. The second-order valence-corrected chi connectivity index (χ2v) is 0.622. The van der Waals surface area contributed by atoms with Crippen LogP contribution in [0.4, 0.5) is 0 Å². The van der Waals surface area contributed by atoms with Crippen molar-refractivity contribution in [3.63, 3.8) is 0 Å². The van der Waals surface area contributed by atoms with Crippen LogP contribution in [-0.4, -0.2) is 6.61 Å². The molecule has 0 spiro atoms. The quantitative estimate of drug-likeness (QED) is 0.524. The zero-order valence-corrected chi connectivity index (χ0v) is 7.40. The largest absolute Gasteiger partial charge is 0.502 e. The molecule has 0 unspecified atom stereocenters. The molecule has 0 aliphatic heterocycles. The summed E-state index contributed by atoms with van der Waals surface area (Å²) in [5, 5.41) is 0. The molecule has 0 saturated heterocycles. The molecular weight excluding hydrogens is 112 g/mol. The first-order valence-electron chi connectivity index (χ1n) is 3.64. The third kappa shape index (κ3) is 97.6. The molecular formula is C8H20O. The lowest BCUT2D eigenvalue weighted by Crippen LogP contribution is -1.72. The lowest BCUT2D eigenvalue weighted by Gasteiger charge is -1.84. The van der Waals surface area contributed by atoms with Gasteiger partial charge in [-0.15, -0.1) is 0 Å². The minimum Gasteiger partial charge on any atom is -0.502 e. The fraction of sp³-hybridized carbons (Fsp3) is 0.750. The highest BCUT2D eigenvalue weighted by atomic mass is 16.5. The van der Waals surface area contributed by atoms with Crippen LogP contribution in [0.2, 0.25) is 0 Å². The lowest BCUT2D eigenvalue weighted by molar-refractivity contribution is 0.270. The standard InChI is InChI=1S/C4H8O.2C2H6/c1-3-5-4-2;2*1-2/h3H,1,4H2,2H3;2*1-2H3. The lowest BCUT2D eigenvalue weighted by atomic mass is 10.9. The van der Waals surface area contributed by atoms with Crippen LogP contribution in [0.25, 0.3) is 0 Å². The van der Waals surface area contributed by atoms with Gasteiger partial charge in [-0.2, -0.15) is 0 Å². The third-order valence-electron chi connectivity index (χ3n) is 0.285. The zero-order chi connectivity index (χ0) is 8.12. The van der Waals surface area contributed by atoms with Gasteiger partial charge in [-0.1, -0.05) is 34.3 Å². The zero-order valence-electron chi connectivity index (χ0n) is 7.40. The molecule has 0 aliphatic carbocycles. The van der Waals surface area contributed by atoms with E-state index >= 15 is 0 Å². The molecule has 1 heteroatoms. The van der Waals surface area contributed by atoms with Gasteiger partial charge in [-0.25, -0.2) is 0 Å². The normalized spacial score (nSPS) is 5.00. The van der Waals surface area contributed by atoms with E-state index < -0.39 is 0 Å². The van der Waals surface area contributed by atoms with E-state index in [0.29, 0.717) is 0 Å². The molecule has 0 rings (SSSR count). The molecule has 0 amide bonds. The Morgan fingerprint density at radius 3 is 1.56 bits per heavy atom. The molecule has 0 N–H and O–H groups in total. The molecule has 0 aromatic heterocycles. The van der Waals surface area contributed by atoms with Crippen molar-refractivity contribution in [3.8, 4) is 0 Å². The van der Waals surface area contributed by atoms with Crippen LogP contribution < -0.4 is 0 Å². The molecule has 0 aromatic carbocycles. The molecule has 0 bridgehead atoms. The Labute approximate surface area is 59.7 Å². The molecule has 0 atom stereocenters. The topological polar surface area (TPSA) is 9.23 Å². The summed E-state index contributed by atoms with van der Waals surface area (Å²) in [5.41, 5.74) is 0. The van der Waals surface area contributed by atoms with Gasteiger partial charge < -0.3 is 4.74 Å². The van der Waals surface area contributed by atoms with Gasteiger partial charge in [0.15, 0.2) is 0 Å². The highest BCUT2D eigenvalue weighted by molar-refractivity contribution is 4.45. The van der Waals surface area contributed by atoms with E-state index in [1.54, 1.807) is 0 Å².